The third kappa shape index (κ3) is 3.07. The van der Waals surface area contributed by atoms with Gasteiger partial charge in [-0.2, -0.15) is 0 Å². The van der Waals surface area contributed by atoms with Gasteiger partial charge in [-0.3, -0.25) is 0 Å². The maximum Gasteiger partial charge on any atom is 0.124 e. The maximum atomic E-state index is 10.1. The van der Waals surface area contributed by atoms with E-state index in [1.807, 2.05) is 44.2 Å². The molecule has 0 saturated carbocycles. The van der Waals surface area contributed by atoms with Crippen molar-refractivity contribution in [2.45, 2.75) is 19.9 Å². The molecule has 0 amide bonds. The van der Waals surface area contributed by atoms with E-state index in [1.165, 1.54) is 0 Å². The lowest BCUT2D eigenvalue weighted by Crippen LogP contribution is -2.08. The Balaban J connectivity index is 2.24. The van der Waals surface area contributed by atoms with Gasteiger partial charge in [-0.25, -0.2) is 0 Å². The third-order valence-electron chi connectivity index (χ3n) is 3.34. The number of hydrogen-bond acceptors (Lipinski definition) is 3. The van der Waals surface area contributed by atoms with Gasteiger partial charge in [-0.1, -0.05) is 22.0 Å². The van der Waals surface area contributed by atoms with Gasteiger partial charge in [0.2, 0.25) is 0 Å². The van der Waals surface area contributed by atoms with E-state index in [9.17, 15) is 5.11 Å². The van der Waals surface area contributed by atoms with Gasteiger partial charge in [-0.15, -0.1) is 0 Å². The summed E-state index contributed by atoms with van der Waals surface area (Å²) < 4.78 is 6.16. The Morgan fingerprint density at radius 3 is 2.65 bits per heavy atom. The molecule has 0 heterocycles. The summed E-state index contributed by atoms with van der Waals surface area (Å²) in [4.78, 5) is 0. The van der Waals surface area contributed by atoms with Crippen molar-refractivity contribution in [3.63, 3.8) is 0 Å². The fourth-order valence-corrected chi connectivity index (χ4v) is 2.46. The van der Waals surface area contributed by atoms with Crippen LogP contribution in [0.1, 0.15) is 24.1 Å². The summed E-state index contributed by atoms with van der Waals surface area (Å²) in [6, 6.07) is 11.4. The van der Waals surface area contributed by atoms with Crippen LogP contribution in [0, 0.1) is 6.92 Å². The highest BCUT2D eigenvalue weighted by molar-refractivity contribution is 9.10. The second-order valence-corrected chi connectivity index (χ2v) is 5.56. The first-order chi connectivity index (χ1) is 9.52. The summed E-state index contributed by atoms with van der Waals surface area (Å²) in [5, 5.41) is 13.5. The first-order valence-corrected chi connectivity index (χ1v) is 7.20. The number of rotatable bonds is 4. The zero-order valence-electron chi connectivity index (χ0n) is 11.8. The highest BCUT2D eigenvalue weighted by atomic mass is 79.9. The molecule has 4 heteroatoms. The topological polar surface area (TPSA) is 41.5 Å². The van der Waals surface area contributed by atoms with Crippen molar-refractivity contribution >= 4 is 21.6 Å². The van der Waals surface area contributed by atoms with Gasteiger partial charge in [0.15, 0.2) is 0 Å². The van der Waals surface area contributed by atoms with Gasteiger partial charge in [0, 0.05) is 21.8 Å². The highest BCUT2D eigenvalue weighted by Gasteiger charge is 2.12. The molecular weight excluding hydrogens is 318 g/mol. The van der Waals surface area contributed by atoms with Crippen LogP contribution in [0.3, 0.4) is 0 Å². The predicted octanol–water partition coefficient (Wildman–Crippen LogP) is 4.64. The molecule has 1 atom stereocenters. The van der Waals surface area contributed by atoms with Crippen LogP contribution in [0.5, 0.6) is 11.5 Å². The number of phenolic OH excluding ortho intramolecular Hbond substituents is 1. The molecule has 0 bridgehead atoms. The summed E-state index contributed by atoms with van der Waals surface area (Å²) >= 11 is 3.52. The van der Waals surface area contributed by atoms with Crippen LogP contribution in [-0.4, -0.2) is 12.2 Å². The van der Waals surface area contributed by atoms with E-state index in [-0.39, 0.29) is 11.8 Å². The van der Waals surface area contributed by atoms with E-state index in [2.05, 4.69) is 21.2 Å². The lowest BCUT2D eigenvalue weighted by Gasteiger charge is -2.19. The van der Waals surface area contributed by atoms with Crippen molar-refractivity contribution in [3.05, 3.63) is 52.0 Å². The lowest BCUT2D eigenvalue weighted by molar-refractivity contribution is 0.406. The Labute approximate surface area is 127 Å². The summed E-state index contributed by atoms with van der Waals surface area (Å²) in [5.74, 6) is 0.883. The fraction of sp³-hybridized carbons (Fsp3) is 0.250. The molecule has 0 aromatic heterocycles. The zero-order valence-corrected chi connectivity index (χ0v) is 13.4. The van der Waals surface area contributed by atoms with Gasteiger partial charge in [0.25, 0.3) is 0 Å². The Kier molecular flexibility index (Phi) is 4.55. The van der Waals surface area contributed by atoms with Gasteiger partial charge >= 0.3 is 0 Å². The van der Waals surface area contributed by atoms with E-state index < -0.39 is 0 Å². The normalized spacial score (nSPS) is 12.0. The van der Waals surface area contributed by atoms with Crippen molar-refractivity contribution in [1.82, 2.24) is 0 Å². The average molecular weight is 336 g/mol. The molecule has 0 saturated heterocycles. The monoisotopic (exact) mass is 335 g/mol. The molecule has 2 aromatic rings. The van der Waals surface area contributed by atoms with Crippen molar-refractivity contribution in [3.8, 4) is 11.5 Å². The van der Waals surface area contributed by atoms with Crippen LogP contribution >= 0.6 is 15.9 Å². The fourth-order valence-electron chi connectivity index (χ4n) is 2.09. The van der Waals surface area contributed by atoms with E-state index in [4.69, 9.17) is 4.74 Å². The maximum absolute atomic E-state index is 10.1. The molecule has 0 aliphatic carbocycles. The molecule has 1 unspecified atom stereocenters. The first-order valence-electron chi connectivity index (χ1n) is 6.41. The van der Waals surface area contributed by atoms with Crippen LogP contribution in [0.25, 0.3) is 0 Å². The number of anilines is 1. The minimum absolute atomic E-state index is 0.00564. The standard InChI is InChI=1S/C16H18BrNO2/c1-10-14(17)5-4-6-15(10)18-11(2)13-8-7-12(20-3)9-16(13)19/h4-9,11,18-19H,1-3H3. The van der Waals surface area contributed by atoms with Crippen LogP contribution < -0.4 is 10.1 Å². The quantitative estimate of drug-likeness (QED) is 0.854. The summed E-state index contributed by atoms with van der Waals surface area (Å²) in [6.07, 6.45) is 0. The number of ether oxygens (including phenoxy) is 1. The zero-order chi connectivity index (χ0) is 14.7. The number of phenols is 1. The molecule has 2 N–H and O–H groups in total. The first kappa shape index (κ1) is 14.7. The van der Waals surface area contributed by atoms with Crippen LogP contribution in [0.15, 0.2) is 40.9 Å². The summed E-state index contributed by atoms with van der Waals surface area (Å²) in [5.41, 5.74) is 3.03. The van der Waals surface area contributed by atoms with Gasteiger partial charge in [0.1, 0.15) is 11.5 Å². The van der Waals surface area contributed by atoms with E-state index in [0.29, 0.717) is 5.75 Å². The van der Waals surface area contributed by atoms with Crippen molar-refractivity contribution < 1.29 is 9.84 Å². The smallest absolute Gasteiger partial charge is 0.124 e. The molecule has 0 radical (unpaired) electrons. The molecule has 20 heavy (non-hydrogen) atoms. The minimum atomic E-state index is -0.00564. The number of benzene rings is 2. The summed E-state index contributed by atoms with van der Waals surface area (Å²) in [7, 11) is 1.58. The Bertz CT molecular complexity index is 613. The van der Waals surface area contributed by atoms with Crippen LogP contribution in [0.4, 0.5) is 5.69 Å². The Morgan fingerprint density at radius 1 is 1.25 bits per heavy atom. The van der Waals surface area contributed by atoms with Gasteiger partial charge < -0.3 is 15.2 Å². The van der Waals surface area contributed by atoms with Crippen molar-refractivity contribution in [2.24, 2.45) is 0 Å². The number of nitrogens with one attached hydrogen (secondary N) is 1. The summed E-state index contributed by atoms with van der Waals surface area (Å²) in [6.45, 7) is 4.06. The SMILES string of the molecule is COc1ccc(C(C)Nc2cccc(Br)c2C)c(O)c1. The highest BCUT2D eigenvalue weighted by Crippen LogP contribution is 2.32. The van der Waals surface area contributed by atoms with E-state index in [1.54, 1.807) is 13.2 Å². The predicted molar refractivity (Wildman–Crippen MR) is 85.6 cm³/mol. The van der Waals surface area contributed by atoms with Crippen LogP contribution in [-0.2, 0) is 0 Å². The molecule has 2 rings (SSSR count). The molecule has 0 spiro atoms. The number of methoxy groups -OCH3 is 1. The van der Waals surface area contributed by atoms with Gasteiger partial charge in [-0.05, 0) is 43.7 Å². The number of aromatic hydroxyl groups is 1. The molecule has 3 nitrogen and oxygen atoms in total. The minimum Gasteiger partial charge on any atom is -0.507 e. The number of halogens is 1. The van der Waals surface area contributed by atoms with Crippen LogP contribution in [0.2, 0.25) is 0 Å². The van der Waals surface area contributed by atoms with E-state index >= 15 is 0 Å². The Morgan fingerprint density at radius 2 is 2.00 bits per heavy atom. The third-order valence-corrected chi connectivity index (χ3v) is 4.20. The molecule has 0 fully saturated rings. The Hall–Kier alpha value is -1.68. The lowest BCUT2D eigenvalue weighted by atomic mass is 10.1. The number of hydrogen-bond donors (Lipinski definition) is 2. The molecule has 0 aliphatic rings. The van der Waals surface area contributed by atoms with E-state index in [0.717, 1.165) is 21.3 Å². The average Bonchev–Trinajstić information content (AvgIpc) is 2.43. The molecular formula is C16H18BrNO2. The largest absolute Gasteiger partial charge is 0.507 e. The van der Waals surface area contributed by atoms with Crippen molar-refractivity contribution in [2.75, 3.05) is 12.4 Å². The molecule has 2 aromatic carbocycles. The molecule has 106 valence electrons. The second kappa shape index (κ2) is 6.18. The second-order valence-electron chi connectivity index (χ2n) is 4.70. The molecule has 0 aliphatic heterocycles. The van der Waals surface area contributed by atoms with Gasteiger partial charge in [0.05, 0.1) is 13.2 Å². The van der Waals surface area contributed by atoms with Crippen molar-refractivity contribution in [1.29, 1.82) is 0 Å².